The molecule has 2 rings (SSSR count). The van der Waals surface area contributed by atoms with Crippen LogP contribution in [0.15, 0.2) is 33.9 Å². The quantitative estimate of drug-likeness (QED) is 0.732. The van der Waals surface area contributed by atoms with Gasteiger partial charge in [-0.3, -0.25) is 0 Å². The van der Waals surface area contributed by atoms with Gasteiger partial charge in [0.2, 0.25) is 10.0 Å². The number of rotatable bonds is 8. The predicted molar refractivity (Wildman–Crippen MR) is 84.7 cm³/mol. The van der Waals surface area contributed by atoms with E-state index in [-0.39, 0.29) is 0 Å². The van der Waals surface area contributed by atoms with E-state index in [2.05, 4.69) is 17.0 Å². The Morgan fingerprint density at radius 2 is 2.00 bits per heavy atom. The van der Waals surface area contributed by atoms with Crippen LogP contribution in [0.4, 0.5) is 0 Å². The van der Waals surface area contributed by atoms with E-state index in [9.17, 15) is 8.42 Å². The maximum atomic E-state index is 12.3. The molecule has 0 amide bonds. The van der Waals surface area contributed by atoms with Crippen molar-refractivity contribution in [3.63, 3.8) is 0 Å². The van der Waals surface area contributed by atoms with Crippen molar-refractivity contribution in [3.05, 3.63) is 38.7 Å². The molecule has 2 N–H and O–H groups in total. The predicted octanol–water partition coefficient (Wildman–Crippen LogP) is 2.79. The first-order valence-corrected chi connectivity index (χ1v) is 9.67. The summed E-state index contributed by atoms with van der Waals surface area (Å²) in [4.78, 5) is 2.26. The molecule has 20 heavy (non-hydrogen) atoms. The van der Waals surface area contributed by atoms with E-state index < -0.39 is 10.0 Å². The van der Waals surface area contributed by atoms with Gasteiger partial charge < -0.3 is 5.32 Å². The molecule has 0 atom stereocenters. The second-order valence-electron chi connectivity index (χ2n) is 4.29. The van der Waals surface area contributed by atoms with Crippen LogP contribution in [0.3, 0.4) is 0 Å². The Bertz CT molecular complexity index is 618. The third-order valence-corrected chi connectivity index (χ3v) is 6.14. The molecule has 0 aromatic carbocycles. The lowest BCUT2D eigenvalue weighted by molar-refractivity contribution is 0.579. The van der Waals surface area contributed by atoms with Gasteiger partial charge in [0.05, 0.1) is 4.90 Å². The highest BCUT2D eigenvalue weighted by atomic mass is 32.2. The third-order valence-electron chi connectivity index (χ3n) is 2.72. The van der Waals surface area contributed by atoms with Crippen LogP contribution in [0.2, 0.25) is 0 Å². The number of hydrogen-bond acceptors (Lipinski definition) is 5. The van der Waals surface area contributed by atoms with Crippen LogP contribution in [0.25, 0.3) is 0 Å². The largest absolute Gasteiger partial charge is 0.312 e. The van der Waals surface area contributed by atoms with Crippen LogP contribution in [-0.2, 0) is 23.1 Å². The van der Waals surface area contributed by atoms with Crippen molar-refractivity contribution >= 4 is 32.7 Å². The Morgan fingerprint density at radius 1 is 1.15 bits per heavy atom. The van der Waals surface area contributed by atoms with E-state index in [0.717, 1.165) is 22.7 Å². The summed E-state index contributed by atoms with van der Waals surface area (Å²) in [5.41, 5.74) is 0. The van der Waals surface area contributed by atoms with Crippen molar-refractivity contribution in [2.45, 2.75) is 31.3 Å². The van der Waals surface area contributed by atoms with Crippen molar-refractivity contribution in [3.8, 4) is 0 Å². The third kappa shape index (κ3) is 4.13. The van der Waals surface area contributed by atoms with Crippen molar-refractivity contribution in [1.82, 2.24) is 10.0 Å². The summed E-state index contributed by atoms with van der Waals surface area (Å²) in [6.07, 6.45) is 1.03. The van der Waals surface area contributed by atoms with E-state index >= 15 is 0 Å². The summed E-state index contributed by atoms with van der Waals surface area (Å²) >= 11 is 3.02. The van der Waals surface area contributed by atoms with Gasteiger partial charge in [-0.1, -0.05) is 13.0 Å². The monoisotopic (exact) mass is 330 g/mol. The maximum absolute atomic E-state index is 12.3. The Kier molecular flexibility index (Phi) is 5.74. The van der Waals surface area contributed by atoms with Crippen molar-refractivity contribution in [2.75, 3.05) is 6.54 Å². The fourth-order valence-corrected chi connectivity index (χ4v) is 4.89. The Morgan fingerprint density at radius 3 is 2.70 bits per heavy atom. The molecule has 0 saturated heterocycles. The zero-order chi connectivity index (χ0) is 14.4. The molecule has 0 unspecified atom stereocenters. The van der Waals surface area contributed by atoms with Gasteiger partial charge in [0.25, 0.3) is 0 Å². The van der Waals surface area contributed by atoms with Gasteiger partial charge in [0, 0.05) is 22.8 Å². The van der Waals surface area contributed by atoms with Gasteiger partial charge in [-0.2, -0.15) is 0 Å². The molecule has 0 aliphatic rings. The molecule has 2 heterocycles. The van der Waals surface area contributed by atoms with Gasteiger partial charge in [-0.05, 0) is 35.9 Å². The minimum absolute atomic E-state index is 0.345. The van der Waals surface area contributed by atoms with E-state index in [1.54, 1.807) is 17.4 Å². The summed E-state index contributed by atoms with van der Waals surface area (Å²) in [6.45, 7) is 3.92. The van der Waals surface area contributed by atoms with Gasteiger partial charge >= 0.3 is 0 Å². The Balaban J connectivity index is 2.03. The fraction of sp³-hybridized carbons (Fsp3) is 0.385. The normalized spacial score (nSPS) is 11.8. The number of nitrogens with one attached hydrogen (secondary N) is 2. The minimum atomic E-state index is -3.43. The first kappa shape index (κ1) is 15.7. The molecule has 0 spiro atoms. The highest BCUT2D eigenvalue weighted by Gasteiger charge is 2.19. The lowest BCUT2D eigenvalue weighted by atomic mass is 10.4. The summed E-state index contributed by atoms with van der Waals surface area (Å²) in [7, 11) is -3.43. The van der Waals surface area contributed by atoms with Crippen molar-refractivity contribution in [2.24, 2.45) is 0 Å². The van der Waals surface area contributed by atoms with Gasteiger partial charge in [-0.15, -0.1) is 22.7 Å². The molecule has 0 aliphatic heterocycles. The highest BCUT2D eigenvalue weighted by Crippen LogP contribution is 2.22. The molecular weight excluding hydrogens is 312 g/mol. The Labute approximate surface area is 127 Å². The molecule has 0 saturated carbocycles. The second-order valence-corrected chi connectivity index (χ2v) is 8.06. The van der Waals surface area contributed by atoms with Crippen LogP contribution in [0.1, 0.15) is 23.1 Å². The topological polar surface area (TPSA) is 58.2 Å². The van der Waals surface area contributed by atoms with Crippen LogP contribution in [-0.4, -0.2) is 15.0 Å². The van der Waals surface area contributed by atoms with Gasteiger partial charge in [-0.25, -0.2) is 13.1 Å². The van der Waals surface area contributed by atoms with E-state index in [0.29, 0.717) is 18.0 Å². The number of sulfonamides is 1. The number of hydrogen-bond donors (Lipinski definition) is 2. The first-order valence-electron chi connectivity index (χ1n) is 6.42. The van der Waals surface area contributed by atoms with E-state index in [4.69, 9.17) is 0 Å². The van der Waals surface area contributed by atoms with Gasteiger partial charge in [0.1, 0.15) is 0 Å². The molecule has 2 aromatic rings. The zero-order valence-corrected chi connectivity index (χ0v) is 13.7. The molecule has 4 nitrogen and oxygen atoms in total. The molecule has 0 fully saturated rings. The highest BCUT2D eigenvalue weighted by molar-refractivity contribution is 7.89. The van der Waals surface area contributed by atoms with Crippen molar-refractivity contribution < 1.29 is 8.42 Å². The Hall–Kier alpha value is -0.730. The van der Waals surface area contributed by atoms with E-state index in [1.165, 1.54) is 11.3 Å². The lowest BCUT2D eigenvalue weighted by Gasteiger charge is -2.07. The summed E-state index contributed by atoms with van der Waals surface area (Å²) < 4.78 is 27.3. The second kappa shape index (κ2) is 7.33. The molecule has 7 heteroatoms. The molecule has 2 aromatic heterocycles. The molecule has 0 bridgehead atoms. The summed E-state index contributed by atoms with van der Waals surface area (Å²) in [5.74, 6) is 0. The van der Waals surface area contributed by atoms with Crippen LogP contribution in [0.5, 0.6) is 0 Å². The SMILES string of the molecule is CCCNCc1sccc1S(=O)(=O)NCc1cccs1. The molecule has 0 radical (unpaired) electrons. The number of thiophene rings is 2. The van der Waals surface area contributed by atoms with Gasteiger partial charge in [0.15, 0.2) is 0 Å². The molecule has 0 aliphatic carbocycles. The molecular formula is C13H18N2O2S3. The molecule has 110 valence electrons. The smallest absolute Gasteiger partial charge is 0.242 e. The standard InChI is InChI=1S/C13H18N2O2S3/c1-2-6-14-10-12-13(5-8-19-12)20(16,17)15-9-11-4-3-7-18-11/h3-5,7-8,14-15H,2,6,9-10H2,1H3. The summed E-state index contributed by atoms with van der Waals surface area (Å²) in [6, 6.07) is 5.51. The lowest BCUT2D eigenvalue weighted by Crippen LogP contribution is -2.24. The first-order chi connectivity index (χ1) is 9.63. The van der Waals surface area contributed by atoms with Crippen molar-refractivity contribution in [1.29, 1.82) is 0 Å². The minimum Gasteiger partial charge on any atom is -0.312 e. The maximum Gasteiger partial charge on any atom is 0.242 e. The summed E-state index contributed by atoms with van der Waals surface area (Å²) in [5, 5.41) is 7.00. The average molecular weight is 331 g/mol. The fourth-order valence-electron chi connectivity index (χ4n) is 1.73. The van der Waals surface area contributed by atoms with Crippen LogP contribution in [0, 0.1) is 0 Å². The average Bonchev–Trinajstić information content (AvgIpc) is 3.08. The van der Waals surface area contributed by atoms with Crippen LogP contribution < -0.4 is 10.0 Å². The zero-order valence-electron chi connectivity index (χ0n) is 11.3. The van der Waals surface area contributed by atoms with Crippen LogP contribution >= 0.6 is 22.7 Å². The van der Waals surface area contributed by atoms with E-state index in [1.807, 2.05) is 22.9 Å².